The van der Waals surface area contributed by atoms with Crippen LogP contribution in [0.4, 0.5) is 18.9 Å². The number of hydrogen-bond donors (Lipinski definition) is 1. The van der Waals surface area contributed by atoms with Crippen molar-refractivity contribution in [3.05, 3.63) is 63.7 Å². The molecule has 0 aromatic heterocycles. The van der Waals surface area contributed by atoms with Crippen LogP contribution in [0, 0.1) is 10.1 Å². The first-order chi connectivity index (χ1) is 10.8. The maximum absolute atomic E-state index is 12.5. The Kier molecular flexibility index (Phi) is 4.85. The van der Waals surface area contributed by atoms with Crippen LogP contribution >= 0.6 is 0 Å². The smallest absolute Gasteiger partial charge is 0.416 e. The van der Waals surface area contributed by atoms with Gasteiger partial charge in [-0.25, -0.2) is 0 Å². The third kappa shape index (κ3) is 4.19. The number of nitro benzene ring substituents is 1. The fourth-order valence-electron chi connectivity index (χ4n) is 1.95. The predicted octanol–water partition coefficient (Wildman–Crippen LogP) is 4.13. The zero-order valence-electron chi connectivity index (χ0n) is 12.1. The van der Waals surface area contributed by atoms with Gasteiger partial charge < -0.3 is 10.1 Å². The molecular formula is C15H13F3N2O3. The molecule has 0 bridgehead atoms. The molecule has 1 N–H and O–H groups in total. The molecule has 0 aliphatic carbocycles. The Morgan fingerprint density at radius 1 is 1.17 bits per heavy atom. The van der Waals surface area contributed by atoms with Gasteiger partial charge in [-0.1, -0.05) is 0 Å². The van der Waals surface area contributed by atoms with Gasteiger partial charge in [-0.3, -0.25) is 10.1 Å². The van der Waals surface area contributed by atoms with Crippen molar-refractivity contribution < 1.29 is 22.8 Å². The molecule has 0 fully saturated rings. The Bertz CT molecular complexity index is 700. The molecule has 122 valence electrons. The standard InChI is InChI=1S/C15H13F3N2O3/c1-19-9-10-8-12(20(21)22)4-7-14(10)23-13-5-2-11(3-6-13)15(16,17)18/h2-8,19H,9H2,1H3. The number of benzene rings is 2. The van der Waals surface area contributed by atoms with E-state index in [1.807, 2.05) is 0 Å². The quantitative estimate of drug-likeness (QED) is 0.663. The average molecular weight is 326 g/mol. The van der Waals surface area contributed by atoms with Crippen LogP contribution in [0.15, 0.2) is 42.5 Å². The van der Waals surface area contributed by atoms with Crippen molar-refractivity contribution in [1.29, 1.82) is 0 Å². The molecule has 0 radical (unpaired) electrons. The summed E-state index contributed by atoms with van der Waals surface area (Å²) in [6.07, 6.45) is -4.41. The van der Waals surface area contributed by atoms with Crippen LogP contribution in [0.25, 0.3) is 0 Å². The van der Waals surface area contributed by atoms with Crippen LogP contribution in [0.1, 0.15) is 11.1 Å². The van der Waals surface area contributed by atoms with E-state index < -0.39 is 16.7 Å². The summed E-state index contributed by atoms with van der Waals surface area (Å²) >= 11 is 0. The van der Waals surface area contributed by atoms with Crippen LogP contribution in [0.3, 0.4) is 0 Å². The number of hydrogen-bond acceptors (Lipinski definition) is 4. The number of nitrogens with zero attached hydrogens (tertiary/aromatic N) is 1. The van der Waals surface area contributed by atoms with E-state index in [0.29, 0.717) is 17.9 Å². The molecule has 2 aromatic rings. The van der Waals surface area contributed by atoms with Crippen LogP contribution < -0.4 is 10.1 Å². The van der Waals surface area contributed by atoms with Crippen LogP contribution in [-0.4, -0.2) is 12.0 Å². The summed E-state index contributed by atoms with van der Waals surface area (Å²) in [7, 11) is 1.67. The summed E-state index contributed by atoms with van der Waals surface area (Å²) in [4.78, 5) is 10.3. The number of nitrogens with one attached hydrogen (secondary N) is 1. The van der Waals surface area contributed by atoms with Gasteiger partial charge in [0, 0.05) is 24.2 Å². The Morgan fingerprint density at radius 2 is 1.83 bits per heavy atom. The number of alkyl halides is 3. The molecule has 0 spiro atoms. The lowest BCUT2D eigenvalue weighted by molar-refractivity contribution is -0.384. The first-order valence-electron chi connectivity index (χ1n) is 6.58. The highest BCUT2D eigenvalue weighted by Gasteiger charge is 2.30. The van der Waals surface area contributed by atoms with Gasteiger partial charge in [0.2, 0.25) is 0 Å². The van der Waals surface area contributed by atoms with Crippen molar-refractivity contribution >= 4 is 5.69 Å². The Balaban J connectivity index is 2.26. The number of non-ortho nitro benzene ring substituents is 1. The van der Waals surface area contributed by atoms with E-state index in [9.17, 15) is 23.3 Å². The number of halogens is 3. The van der Waals surface area contributed by atoms with Gasteiger partial charge in [0.1, 0.15) is 11.5 Å². The van der Waals surface area contributed by atoms with Gasteiger partial charge >= 0.3 is 6.18 Å². The van der Waals surface area contributed by atoms with Crippen molar-refractivity contribution in [3.8, 4) is 11.5 Å². The van der Waals surface area contributed by atoms with E-state index in [-0.39, 0.29) is 11.4 Å². The molecule has 0 saturated heterocycles. The summed E-state index contributed by atoms with van der Waals surface area (Å²) in [6.45, 7) is 0.317. The first-order valence-corrected chi connectivity index (χ1v) is 6.58. The molecule has 23 heavy (non-hydrogen) atoms. The number of nitro groups is 1. The van der Waals surface area contributed by atoms with E-state index >= 15 is 0 Å². The lowest BCUT2D eigenvalue weighted by Crippen LogP contribution is -2.07. The Hall–Kier alpha value is -2.61. The van der Waals surface area contributed by atoms with Crippen molar-refractivity contribution in [2.45, 2.75) is 12.7 Å². The molecule has 0 aliphatic rings. The topological polar surface area (TPSA) is 64.4 Å². The second kappa shape index (κ2) is 6.66. The summed E-state index contributed by atoms with van der Waals surface area (Å²) in [5.74, 6) is 0.550. The average Bonchev–Trinajstić information content (AvgIpc) is 2.48. The lowest BCUT2D eigenvalue weighted by atomic mass is 10.1. The Morgan fingerprint density at radius 3 is 2.35 bits per heavy atom. The fourth-order valence-corrected chi connectivity index (χ4v) is 1.95. The minimum atomic E-state index is -4.41. The van der Waals surface area contributed by atoms with Gasteiger partial charge in [-0.05, 0) is 37.4 Å². The van der Waals surface area contributed by atoms with Crippen LogP contribution in [0.2, 0.25) is 0 Å². The molecule has 8 heteroatoms. The van der Waals surface area contributed by atoms with E-state index in [2.05, 4.69) is 5.32 Å². The molecule has 2 rings (SSSR count). The van der Waals surface area contributed by atoms with Gasteiger partial charge in [-0.2, -0.15) is 13.2 Å². The molecule has 0 amide bonds. The zero-order chi connectivity index (χ0) is 17.0. The van der Waals surface area contributed by atoms with Crippen molar-refractivity contribution in [2.75, 3.05) is 7.05 Å². The largest absolute Gasteiger partial charge is 0.457 e. The zero-order valence-corrected chi connectivity index (χ0v) is 12.1. The lowest BCUT2D eigenvalue weighted by Gasteiger charge is -2.12. The molecule has 0 atom stereocenters. The second-order valence-electron chi connectivity index (χ2n) is 4.70. The first kappa shape index (κ1) is 16.8. The molecular weight excluding hydrogens is 313 g/mol. The summed E-state index contributed by atoms with van der Waals surface area (Å²) < 4.78 is 43.1. The summed E-state index contributed by atoms with van der Waals surface area (Å²) in [6, 6.07) is 8.29. The van der Waals surface area contributed by atoms with Crippen LogP contribution in [0.5, 0.6) is 11.5 Å². The molecule has 2 aromatic carbocycles. The predicted molar refractivity (Wildman–Crippen MR) is 77.4 cm³/mol. The van der Waals surface area contributed by atoms with Gasteiger partial charge in [-0.15, -0.1) is 0 Å². The van der Waals surface area contributed by atoms with Gasteiger partial charge in [0.05, 0.1) is 10.5 Å². The normalized spacial score (nSPS) is 11.3. The minimum absolute atomic E-state index is 0.0879. The maximum atomic E-state index is 12.5. The van der Waals surface area contributed by atoms with Gasteiger partial charge in [0.15, 0.2) is 0 Å². The third-order valence-corrected chi connectivity index (χ3v) is 3.03. The fraction of sp³-hybridized carbons (Fsp3) is 0.200. The SMILES string of the molecule is CNCc1cc([N+](=O)[O-])ccc1Oc1ccc(C(F)(F)F)cc1. The number of ether oxygens (including phenoxy) is 1. The highest BCUT2D eigenvalue weighted by molar-refractivity contribution is 5.46. The molecule has 0 unspecified atom stereocenters. The van der Waals surface area contributed by atoms with Crippen molar-refractivity contribution in [1.82, 2.24) is 5.32 Å². The Labute approximate surface area is 129 Å². The second-order valence-corrected chi connectivity index (χ2v) is 4.70. The molecule has 0 saturated carbocycles. The molecule has 5 nitrogen and oxygen atoms in total. The summed E-state index contributed by atoms with van der Waals surface area (Å²) in [5, 5.41) is 13.7. The van der Waals surface area contributed by atoms with Crippen molar-refractivity contribution in [2.24, 2.45) is 0 Å². The maximum Gasteiger partial charge on any atom is 0.416 e. The monoisotopic (exact) mass is 326 g/mol. The van der Waals surface area contributed by atoms with E-state index in [0.717, 1.165) is 12.1 Å². The minimum Gasteiger partial charge on any atom is -0.457 e. The molecule has 0 aliphatic heterocycles. The highest BCUT2D eigenvalue weighted by atomic mass is 19.4. The highest BCUT2D eigenvalue weighted by Crippen LogP contribution is 2.33. The summed E-state index contributed by atoms with van der Waals surface area (Å²) in [5.41, 5.74) is -0.333. The van der Waals surface area contributed by atoms with E-state index in [4.69, 9.17) is 4.74 Å². The molecule has 0 heterocycles. The van der Waals surface area contributed by atoms with E-state index in [1.54, 1.807) is 7.05 Å². The van der Waals surface area contributed by atoms with Crippen LogP contribution in [-0.2, 0) is 12.7 Å². The van der Waals surface area contributed by atoms with E-state index in [1.165, 1.54) is 30.3 Å². The van der Waals surface area contributed by atoms with Crippen molar-refractivity contribution in [3.63, 3.8) is 0 Å². The van der Waals surface area contributed by atoms with Gasteiger partial charge in [0.25, 0.3) is 5.69 Å². The third-order valence-electron chi connectivity index (χ3n) is 3.03. The number of rotatable bonds is 5.